The Balaban J connectivity index is 2.24. The van der Waals surface area contributed by atoms with Gasteiger partial charge in [0.25, 0.3) is 5.91 Å². The van der Waals surface area contributed by atoms with E-state index in [1.807, 2.05) is 30.1 Å². The van der Waals surface area contributed by atoms with Gasteiger partial charge in [0.05, 0.1) is 6.04 Å². The minimum Gasteiger partial charge on any atom is -0.355 e. The second-order valence-corrected chi connectivity index (χ2v) is 5.73. The van der Waals surface area contributed by atoms with Gasteiger partial charge in [0, 0.05) is 37.8 Å². The van der Waals surface area contributed by atoms with Gasteiger partial charge < -0.3 is 10.2 Å². The molecule has 0 saturated carbocycles. The van der Waals surface area contributed by atoms with Gasteiger partial charge in [0.2, 0.25) is 5.91 Å². The molecule has 0 spiro atoms. The van der Waals surface area contributed by atoms with Gasteiger partial charge >= 0.3 is 0 Å². The molecular weight excluding hydrogens is 278 g/mol. The molecule has 1 aliphatic rings. The van der Waals surface area contributed by atoms with E-state index in [0.29, 0.717) is 24.2 Å². The predicted octanol–water partition coefficient (Wildman–Crippen LogP) is 1.44. The van der Waals surface area contributed by atoms with Gasteiger partial charge in [-0.05, 0) is 31.7 Å². The van der Waals surface area contributed by atoms with Crippen molar-refractivity contribution in [2.24, 2.45) is 0 Å². The first-order valence-electron chi connectivity index (χ1n) is 7.41. The van der Waals surface area contributed by atoms with Crippen molar-refractivity contribution < 1.29 is 9.59 Å². The minimum absolute atomic E-state index is 0.000515. The molecule has 1 unspecified atom stereocenters. The molecule has 0 aromatic heterocycles. The first-order chi connectivity index (χ1) is 10.4. The van der Waals surface area contributed by atoms with Crippen LogP contribution in [0.2, 0.25) is 0 Å². The fraction of sp³-hybridized carbons (Fsp3) is 0.412. The number of carbonyl (C=O) groups is 2. The van der Waals surface area contributed by atoms with Crippen molar-refractivity contribution in [2.75, 3.05) is 33.7 Å². The zero-order valence-corrected chi connectivity index (χ0v) is 13.4. The van der Waals surface area contributed by atoms with E-state index in [9.17, 15) is 9.59 Å². The molecule has 1 fully saturated rings. The van der Waals surface area contributed by atoms with E-state index in [1.54, 1.807) is 20.0 Å². The van der Waals surface area contributed by atoms with E-state index in [-0.39, 0.29) is 17.9 Å². The molecule has 1 aromatic rings. The van der Waals surface area contributed by atoms with Gasteiger partial charge in [-0.15, -0.1) is 0 Å². The fourth-order valence-corrected chi connectivity index (χ4v) is 2.72. The summed E-state index contributed by atoms with van der Waals surface area (Å²) in [5.74, 6) is -0.101. The fourth-order valence-electron chi connectivity index (χ4n) is 2.72. The van der Waals surface area contributed by atoms with Crippen LogP contribution < -0.4 is 5.32 Å². The molecule has 2 rings (SSSR count). The van der Waals surface area contributed by atoms with Crippen LogP contribution in [0.4, 0.5) is 0 Å². The number of amides is 2. The predicted molar refractivity (Wildman–Crippen MR) is 86.6 cm³/mol. The molecule has 0 radical (unpaired) electrons. The van der Waals surface area contributed by atoms with Crippen molar-refractivity contribution in [1.82, 2.24) is 15.1 Å². The summed E-state index contributed by atoms with van der Waals surface area (Å²) in [4.78, 5) is 28.0. The lowest BCUT2D eigenvalue weighted by atomic mass is 10.00. The molecule has 1 atom stereocenters. The lowest BCUT2D eigenvalue weighted by Gasteiger charge is -2.40. The number of rotatable bonds is 3. The van der Waals surface area contributed by atoms with Crippen LogP contribution in [0, 0.1) is 0 Å². The van der Waals surface area contributed by atoms with Crippen LogP contribution in [0.1, 0.15) is 28.9 Å². The Morgan fingerprint density at radius 1 is 1.32 bits per heavy atom. The van der Waals surface area contributed by atoms with Crippen molar-refractivity contribution in [3.05, 3.63) is 47.5 Å². The van der Waals surface area contributed by atoms with E-state index in [0.717, 1.165) is 12.1 Å². The molecule has 1 N–H and O–H groups in total. The van der Waals surface area contributed by atoms with E-state index in [1.165, 1.54) is 0 Å². The molecule has 1 aromatic carbocycles. The van der Waals surface area contributed by atoms with Gasteiger partial charge in [0.1, 0.15) is 0 Å². The van der Waals surface area contributed by atoms with Crippen molar-refractivity contribution in [2.45, 2.75) is 13.0 Å². The van der Waals surface area contributed by atoms with Crippen LogP contribution in [0.25, 0.3) is 0 Å². The van der Waals surface area contributed by atoms with Crippen molar-refractivity contribution >= 4 is 11.8 Å². The van der Waals surface area contributed by atoms with Gasteiger partial charge in [-0.3, -0.25) is 14.5 Å². The summed E-state index contributed by atoms with van der Waals surface area (Å²) < 4.78 is 0. The molecule has 1 heterocycles. The number of hydrogen-bond acceptors (Lipinski definition) is 3. The Hall–Kier alpha value is -2.14. The lowest BCUT2D eigenvalue weighted by molar-refractivity contribution is -0.129. The zero-order valence-electron chi connectivity index (χ0n) is 13.4. The third-order valence-electron chi connectivity index (χ3n) is 4.06. The largest absolute Gasteiger partial charge is 0.355 e. The summed E-state index contributed by atoms with van der Waals surface area (Å²) in [6.07, 6.45) is 0. The van der Waals surface area contributed by atoms with Gasteiger partial charge in [-0.25, -0.2) is 0 Å². The maximum Gasteiger partial charge on any atom is 0.251 e. The first-order valence-corrected chi connectivity index (χ1v) is 7.41. The molecule has 118 valence electrons. The van der Waals surface area contributed by atoms with E-state index in [2.05, 4.69) is 16.8 Å². The molecule has 2 amide bonds. The Bertz CT molecular complexity index is 597. The zero-order chi connectivity index (χ0) is 16.3. The van der Waals surface area contributed by atoms with E-state index < -0.39 is 0 Å². The number of carbonyl (C=O) groups excluding carboxylic acids is 2. The monoisotopic (exact) mass is 301 g/mol. The summed E-state index contributed by atoms with van der Waals surface area (Å²) in [5, 5.41) is 2.64. The third-order valence-corrected chi connectivity index (χ3v) is 4.06. The topological polar surface area (TPSA) is 52.7 Å². The van der Waals surface area contributed by atoms with Crippen LogP contribution >= 0.6 is 0 Å². The molecule has 0 bridgehead atoms. The van der Waals surface area contributed by atoms with Crippen LogP contribution in [0.5, 0.6) is 0 Å². The molecule has 22 heavy (non-hydrogen) atoms. The molecule has 5 nitrogen and oxygen atoms in total. The van der Waals surface area contributed by atoms with Gasteiger partial charge in [-0.2, -0.15) is 0 Å². The lowest BCUT2D eigenvalue weighted by Crippen LogP contribution is -2.49. The van der Waals surface area contributed by atoms with Crippen molar-refractivity contribution in [3.63, 3.8) is 0 Å². The highest BCUT2D eigenvalue weighted by molar-refractivity contribution is 5.94. The summed E-state index contributed by atoms with van der Waals surface area (Å²) in [5.41, 5.74) is 2.24. The highest BCUT2D eigenvalue weighted by Gasteiger charge is 2.28. The van der Waals surface area contributed by atoms with Crippen LogP contribution in [0.15, 0.2) is 36.4 Å². The van der Waals surface area contributed by atoms with Crippen LogP contribution in [-0.2, 0) is 4.79 Å². The minimum atomic E-state index is -0.102. The highest BCUT2D eigenvalue weighted by Crippen LogP contribution is 2.25. The Kier molecular flexibility index (Phi) is 4.98. The maximum atomic E-state index is 12.1. The second-order valence-electron chi connectivity index (χ2n) is 5.73. The molecule has 1 aliphatic heterocycles. The number of likely N-dealkylation sites (N-methyl/N-ethyl adjacent to an activating group) is 1. The average molecular weight is 301 g/mol. The van der Waals surface area contributed by atoms with E-state index in [4.69, 9.17) is 0 Å². The van der Waals surface area contributed by atoms with Crippen LogP contribution in [0.3, 0.4) is 0 Å². The Morgan fingerprint density at radius 2 is 2.05 bits per heavy atom. The standard InChI is InChI=1S/C17H23N3O2/c1-12(2)17(22)20-9-8-19(4)15(11-20)13-6-5-7-14(10-13)16(21)18-3/h5-7,10,15H,1,8-9,11H2,2-4H3,(H,18,21). The van der Waals surface area contributed by atoms with Gasteiger partial charge in [-0.1, -0.05) is 18.7 Å². The first kappa shape index (κ1) is 16.2. The summed E-state index contributed by atoms with van der Waals surface area (Å²) in [6.45, 7) is 7.59. The number of nitrogens with one attached hydrogen (secondary N) is 1. The van der Waals surface area contributed by atoms with Crippen molar-refractivity contribution in [1.29, 1.82) is 0 Å². The number of benzene rings is 1. The normalized spacial score (nSPS) is 18.9. The Labute approximate surface area is 131 Å². The number of hydrogen-bond donors (Lipinski definition) is 1. The number of piperazine rings is 1. The molecular formula is C17H23N3O2. The molecule has 5 heteroatoms. The van der Waals surface area contributed by atoms with E-state index >= 15 is 0 Å². The quantitative estimate of drug-likeness (QED) is 0.860. The highest BCUT2D eigenvalue weighted by atomic mass is 16.2. The SMILES string of the molecule is C=C(C)C(=O)N1CCN(C)C(c2cccc(C(=O)NC)c2)C1. The summed E-state index contributed by atoms with van der Waals surface area (Å²) >= 11 is 0. The summed E-state index contributed by atoms with van der Waals surface area (Å²) in [6, 6.07) is 7.66. The van der Waals surface area contributed by atoms with Crippen molar-refractivity contribution in [3.8, 4) is 0 Å². The Morgan fingerprint density at radius 3 is 2.68 bits per heavy atom. The van der Waals surface area contributed by atoms with Crippen LogP contribution in [-0.4, -0.2) is 55.3 Å². The summed E-state index contributed by atoms with van der Waals surface area (Å²) in [7, 11) is 3.66. The maximum absolute atomic E-state index is 12.1. The second kappa shape index (κ2) is 6.75. The molecule has 0 aliphatic carbocycles. The molecule has 1 saturated heterocycles. The third kappa shape index (κ3) is 3.36. The van der Waals surface area contributed by atoms with Gasteiger partial charge in [0.15, 0.2) is 0 Å². The smallest absolute Gasteiger partial charge is 0.251 e. The average Bonchev–Trinajstić information content (AvgIpc) is 2.53. The number of nitrogens with zero attached hydrogens (tertiary/aromatic N) is 2.